The van der Waals surface area contributed by atoms with Gasteiger partial charge in [-0.05, 0) is 45.9 Å². The molecule has 0 saturated carbocycles. The summed E-state index contributed by atoms with van der Waals surface area (Å²) in [5.74, 6) is 0.532. The van der Waals surface area contributed by atoms with Gasteiger partial charge in [0, 0.05) is 0 Å². The van der Waals surface area contributed by atoms with Crippen molar-refractivity contribution < 1.29 is 5.11 Å². The Morgan fingerprint density at radius 3 is 2.06 bits per heavy atom. The van der Waals surface area contributed by atoms with Crippen LogP contribution in [-0.4, -0.2) is 5.11 Å². The van der Waals surface area contributed by atoms with Gasteiger partial charge < -0.3 is 5.11 Å². The second-order valence-corrected chi connectivity index (χ2v) is 5.48. The number of hydrogen-bond donors (Lipinski definition) is 1. The number of thiophene rings is 1. The molecule has 2 heteroatoms. The summed E-state index contributed by atoms with van der Waals surface area (Å²) in [5, 5.41) is 14.4. The van der Waals surface area contributed by atoms with Crippen molar-refractivity contribution in [1.29, 1.82) is 0 Å². The zero-order valence-electron chi connectivity index (χ0n) is 10.5. The van der Waals surface area contributed by atoms with Gasteiger partial charge in [0.1, 0.15) is 6.10 Å². The van der Waals surface area contributed by atoms with Crippen LogP contribution in [0.1, 0.15) is 48.1 Å². The van der Waals surface area contributed by atoms with Crippen LogP contribution in [0.3, 0.4) is 0 Å². The second-order valence-electron chi connectivity index (χ2n) is 4.73. The molecule has 17 heavy (non-hydrogen) atoms. The summed E-state index contributed by atoms with van der Waals surface area (Å²) in [7, 11) is 0. The first-order valence-corrected chi connectivity index (χ1v) is 6.84. The molecule has 0 aliphatic carbocycles. The minimum absolute atomic E-state index is 0.498. The Labute approximate surface area is 107 Å². The SMILES string of the molecule is Cc1cscc1C(O)c1ccc(C(C)C)cc1. The Hall–Kier alpha value is -1.12. The minimum Gasteiger partial charge on any atom is -0.384 e. The van der Waals surface area contributed by atoms with Crippen molar-refractivity contribution in [3.05, 3.63) is 57.3 Å². The first kappa shape index (κ1) is 12.3. The van der Waals surface area contributed by atoms with Crippen molar-refractivity contribution >= 4 is 11.3 Å². The van der Waals surface area contributed by atoms with E-state index in [1.165, 1.54) is 5.56 Å². The van der Waals surface area contributed by atoms with Crippen molar-refractivity contribution in [2.45, 2.75) is 32.8 Å². The number of aliphatic hydroxyl groups is 1. The first-order chi connectivity index (χ1) is 8.09. The van der Waals surface area contributed by atoms with Crippen molar-refractivity contribution in [3.63, 3.8) is 0 Å². The van der Waals surface area contributed by atoms with Gasteiger partial charge in [0.05, 0.1) is 0 Å². The number of aryl methyl sites for hydroxylation is 1. The van der Waals surface area contributed by atoms with Crippen LogP contribution in [0.25, 0.3) is 0 Å². The lowest BCUT2D eigenvalue weighted by Crippen LogP contribution is -2.00. The predicted molar refractivity (Wildman–Crippen MR) is 73.6 cm³/mol. The molecule has 0 aliphatic rings. The van der Waals surface area contributed by atoms with Crippen LogP contribution >= 0.6 is 11.3 Å². The average Bonchev–Trinajstić information content (AvgIpc) is 2.74. The van der Waals surface area contributed by atoms with Crippen molar-refractivity contribution in [2.24, 2.45) is 0 Å². The number of aliphatic hydroxyl groups excluding tert-OH is 1. The van der Waals surface area contributed by atoms with Crippen LogP contribution in [0, 0.1) is 6.92 Å². The van der Waals surface area contributed by atoms with E-state index in [2.05, 4.69) is 31.4 Å². The normalized spacial score (nSPS) is 13.0. The van der Waals surface area contributed by atoms with Gasteiger partial charge in [-0.3, -0.25) is 0 Å². The highest BCUT2D eigenvalue weighted by molar-refractivity contribution is 7.08. The third kappa shape index (κ3) is 2.59. The van der Waals surface area contributed by atoms with Gasteiger partial charge in [0.15, 0.2) is 0 Å². The lowest BCUT2D eigenvalue weighted by atomic mass is 9.97. The van der Waals surface area contributed by atoms with Gasteiger partial charge in [-0.2, -0.15) is 11.3 Å². The molecular formula is C15H18OS. The van der Waals surface area contributed by atoms with Crippen LogP contribution in [-0.2, 0) is 0 Å². The van der Waals surface area contributed by atoms with E-state index in [0.29, 0.717) is 5.92 Å². The van der Waals surface area contributed by atoms with E-state index < -0.39 is 6.10 Å². The first-order valence-electron chi connectivity index (χ1n) is 5.90. The van der Waals surface area contributed by atoms with Crippen molar-refractivity contribution in [3.8, 4) is 0 Å². The molecule has 1 unspecified atom stereocenters. The summed E-state index contributed by atoms with van der Waals surface area (Å²) < 4.78 is 0. The Kier molecular flexibility index (Phi) is 3.65. The third-order valence-electron chi connectivity index (χ3n) is 3.11. The van der Waals surface area contributed by atoms with Crippen LogP contribution in [0.15, 0.2) is 35.0 Å². The van der Waals surface area contributed by atoms with Gasteiger partial charge in [-0.1, -0.05) is 38.1 Å². The molecule has 0 fully saturated rings. The molecule has 0 saturated heterocycles. The Morgan fingerprint density at radius 1 is 1.00 bits per heavy atom. The maximum absolute atomic E-state index is 10.3. The van der Waals surface area contributed by atoms with Crippen LogP contribution in [0.5, 0.6) is 0 Å². The topological polar surface area (TPSA) is 20.2 Å². The predicted octanol–water partition coefficient (Wildman–Crippen LogP) is 4.26. The highest BCUT2D eigenvalue weighted by Gasteiger charge is 2.13. The van der Waals surface area contributed by atoms with E-state index in [4.69, 9.17) is 0 Å². The molecule has 1 N–H and O–H groups in total. The molecule has 2 rings (SSSR count). The summed E-state index contributed by atoms with van der Waals surface area (Å²) >= 11 is 1.64. The lowest BCUT2D eigenvalue weighted by molar-refractivity contribution is 0.220. The summed E-state index contributed by atoms with van der Waals surface area (Å²) in [6, 6.07) is 8.25. The molecule has 1 atom stereocenters. The Morgan fingerprint density at radius 2 is 1.59 bits per heavy atom. The maximum Gasteiger partial charge on any atom is 0.105 e. The zero-order chi connectivity index (χ0) is 12.4. The summed E-state index contributed by atoms with van der Waals surface area (Å²) in [4.78, 5) is 0. The molecule has 1 aromatic carbocycles. The number of hydrogen-bond acceptors (Lipinski definition) is 2. The van der Waals surface area contributed by atoms with E-state index in [0.717, 1.165) is 16.7 Å². The molecule has 2 aromatic rings. The Bertz CT molecular complexity index is 482. The van der Waals surface area contributed by atoms with E-state index >= 15 is 0 Å². The number of benzene rings is 1. The van der Waals surface area contributed by atoms with Gasteiger partial charge in [0.25, 0.3) is 0 Å². The molecule has 0 bridgehead atoms. The largest absolute Gasteiger partial charge is 0.384 e. The second kappa shape index (κ2) is 5.03. The average molecular weight is 246 g/mol. The van der Waals surface area contributed by atoms with Crippen LogP contribution in [0.4, 0.5) is 0 Å². The molecule has 90 valence electrons. The van der Waals surface area contributed by atoms with Gasteiger partial charge >= 0.3 is 0 Å². The summed E-state index contributed by atoms with van der Waals surface area (Å²) in [6.45, 7) is 6.39. The van der Waals surface area contributed by atoms with Crippen LogP contribution < -0.4 is 0 Å². The third-order valence-corrected chi connectivity index (χ3v) is 3.99. The summed E-state index contributed by atoms with van der Waals surface area (Å²) in [6.07, 6.45) is -0.498. The molecule has 1 nitrogen and oxygen atoms in total. The highest BCUT2D eigenvalue weighted by atomic mass is 32.1. The zero-order valence-corrected chi connectivity index (χ0v) is 11.3. The molecule has 1 heterocycles. The van der Waals surface area contributed by atoms with E-state index in [1.54, 1.807) is 11.3 Å². The van der Waals surface area contributed by atoms with Gasteiger partial charge in [0.2, 0.25) is 0 Å². The maximum atomic E-state index is 10.3. The van der Waals surface area contributed by atoms with E-state index in [1.807, 2.05) is 24.4 Å². The van der Waals surface area contributed by atoms with Gasteiger partial charge in [-0.15, -0.1) is 0 Å². The fraction of sp³-hybridized carbons (Fsp3) is 0.333. The Balaban J connectivity index is 2.26. The smallest absolute Gasteiger partial charge is 0.105 e. The fourth-order valence-electron chi connectivity index (χ4n) is 1.89. The van der Waals surface area contributed by atoms with Crippen LogP contribution in [0.2, 0.25) is 0 Å². The van der Waals surface area contributed by atoms with E-state index in [-0.39, 0.29) is 0 Å². The lowest BCUT2D eigenvalue weighted by Gasteiger charge is -2.12. The molecule has 0 amide bonds. The van der Waals surface area contributed by atoms with Crippen molar-refractivity contribution in [2.75, 3.05) is 0 Å². The standard InChI is InChI=1S/C15H18OS/c1-10(2)12-4-6-13(7-5-12)15(16)14-9-17-8-11(14)3/h4-10,15-16H,1-3H3. The summed E-state index contributed by atoms with van der Waals surface area (Å²) in [5.41, 5.74) is 4.46. The fourth-order valence-corrected chi connectivity index (χ4v) is 2.76. The van der Waals surface area contributed by atoms with Crippen molar-refractivity contribution in [1.82, 2.24) is 0 Å². The molecule has 0 aliphatic heterocycles. The molecule has 0 spiro atoms. The number of rotatable bonds is 3. The minimum atomic E-state index is -0.498. The van der Waals surface area contributed by atoms with Gasteiger partial charge in [-0.25, -0.2) is 0 Å². The molecule has 1 aromatic heterocycles. The highest BCUT2D eigenvalue weighted by Crippen LogP contribution is 2.28. The quantitative estimate of drug-likeness (QED) is 0.858. The molecular weight excluding hydrogens is 228 g/mol. The van der Waals surface area contributed by atoms with E-state index in [9.17, 15) is 5.11 Å². The monoisotopic (exact) mass is 246 g/mol. The molecule has 0 radical (unpaired) electrons.